The predicted octanol–water partition coefficient (Wildman–Crippen LogP) is 1.79. The number of halogens is 1. The van der Waals surface area contributed by atoms with Crippen molar-refractivity contribution in [3.63, 3.8) is 0 Å². The highest BCUT2D eigenvalue weighted by atomic mass is 35.5. The summed E-state index contributed by atoms with van der Waals surface area (Å²) in [5.41, 5.74) is 2.84. The number of fused-ring (bicyclic) bond motifs is 2. The molecule has 0 amide bonds. The number of rotatable bonds is 6. The van der Waals surface area contributed by atoms with Crippen LogP contribution in [0.15, 0.2) is 30.5 Å². The molecule has 0 unspecified atom stereocenters. The summed E-state index contributed by atoms with van der Waals surface area (Å²) in [6.07, 6.45) is -1.95. The van der Waals surface area contributed by atoms with Crippen LogP contribution in [0.4, 0.5) is 5.82 Å². The Morgan fingerprint density at radius 3 is 2.76 bits per heavy atom. The van der Waals surface area contributed by atoms with Crippen LogP contribution in [-0.2, 0) is 15.7 Å². The maximum absolute atomic E-state index is 11.2. The van der Waals surface area contributed by atoms with E-state index < -0.39 is 38.3 Å². The van der Waals surface area contributed by atoms with Crippen molar-refractivity contribution in [2.45, 2.75) is 49.8 Å². The standard InChI is InChI=1S/C21H25ClN5O6P/c1-26(14-7-6-11-4-2-3-5-12(11)14)18-13-10-23-27(19(13)25-21(22)24-18)20-17(29)16(28)15(33-20)8-9-34(30,31)32/h2-5,10,14-17,20,28-29H,6-9H2,1H3,(H2,30,31,32)/t14-,15+,16+,17+,20+/m0/s1. The Morgan fingerprint density at radius 2 is 2.00 bits per heavy atom. The Balaban J connectivity index is 1.47. The van der Waals surface area contributed by atoms with E-state index in [1.54, 1.807) is 6.20 Å². The highest BCUT2D eigenvalue weighted by molar-refractivity contribution is 7.51. The van der Waals surface area contributed by atoms with E-state index in [9.17, 15) is 14.8 Å². The number of hydrogen-bond donors (Lipinski definition) is 4. The average Bonchev–Trinajstić information content (AvgIpc) is 3.47. The number of ether oxygens (including phenoxy) is 1. The maximum Gasteiger partial charge on any atom is 0.325 e. The van der Waals surface area contributed by atoms with Crippen LogP contribution >= 0.6 is 19.2 Å². The third-order valence-corrected chi connectivity index (χ3v) is 7.60. The van der Waals surface area contributed by atoms with E-state index in [0.29, 0.717) is 16.9 Å². The van der Waals surface area contributed by atoms with Gasteiger partial charge in [-0.05, 0) is 42.0 Å². The summed E-state index contributed by atoms with van der Waals surface area (Å²) in [5.74, 6) is 0.578. The van der Waals surface area contributed by atoms with Crippen molar-refractivity contribution in [3.8, 4) is 0 Å². The zero-order valence-corrected chi connectivity index (χ0v) is 19.9. The third kappa shape index (κ3) is 4.22. The molecule has 2 aliphatic rings. The van der Waals surface area contributed by atoms with Crippen molar-refractivity contribution in [1.82, 2.24) is 19.7 Å². The van der Waals surface area contributed by atoms with E-state index in [1.807, 2.05) is 24.1 Å². The van der Waals surface area contributed by atoms with E-state index in [-0.39, 0.29) is 17.7 Å². The number of anilines is 1. The van der Waals surface area contributed by atoms with Crippen LogP contribution in [0.1, 0.15) is 36.2 Å². The Labute approximate surface area is 200 Å². The van der Waals surface area contributed by atoms with Gasteiger partial charge in [-0.15, -0.1) is 0 Å². The summed E-state index contributed by atoms with van der Waals surface area (Å²) in [4.78, 5) is 29.1. The molecule has 3 heterocycles. The molecule has 1 aliphatic carbocycles. The van der Waals surface area contributed by atoms with Crippen molar-refractivity contribution >= 4 is 36.0 Å². The highest BCUT2D eigenvalue weighted by Gasteiger charge is 2.45. The van der Waals surface area contributed by atoms with Gasteiger partial charge in [-0.25, -0.2) is 4.68 Å². The molecule has 1 saturated heterocycles. The molecular formula is C21H25ClN5O6P. The number of aromatic nitrogens is 4. The van der Waals surface area contributed by atoms with E-state index in [1.165, 1.54) is 15.8 Å². The Morgan fingerprint density at radius 1 is 1.24 bits per heavy atom. The number of aliphatic hydroxyl groups is 2. The molecule has 0 saturated carbocycles. The molecule has 3 aromatic rings. The molecule has 1 fully saturated rings. The average molecular weight is 510 g/mol. The van der Waals surface area contributed by atoms with Crippen LogP contribution in [0.5, 0.6) is 0 Å². The Bertz CT molecular complexity index is 1270. The van der Waals surface area contributed by atoms with Gasteiger partial charge in [0.25, 0.3) is 0 Å². The second-order valence-electron chi connectivity index (χ2n) is 8.73. The molecule has 182 valence electrons. The van der Waals surface area contributed by atoms with E-state index >= 15 is 0 Å². The molecule has 1 aromatic carbocycles. The molecule has 0 spiro atoms. The van der Waals surface area contributed by atoms with Crippen LogP contribution in [-0.4, -0.2) is 71.3 Å². The van der Waals surface area contributed by atoms with Gasteiger partial charge in [0.2, 0.25) is 5.28 Å². The lowest BCUT2D eigenvalue weighted by molar-refractivity contribution is -0.0425. The molecule has 34 heavy (non-hydrogen) atoms. The van der Waals surface area contributed by atoms with E-state index in [0.717, 1.165) is 12.8 Å². The van der Waals surface area contributed by atoms with Gasteiger partial charge >= 0.3 is 7.60 Å². The third-order valence-electron chi connectivity index (χ3n) is 6.59. The normalized spacial score (nSPS) is 26.8. The van der Waals surface area contributed by atoms with Gasteiger partial charge in [-0.3, -0.25) is 4.57 Å². The summed E-state index contributed by atoms with van der Waals surface area (Å²) in [6.45, 7) is 0. The molecule has 2 aromatic heterocycles. The van der Waals surface area contributed by atoms with Crippen LogP contribution in [0.3, 0.4) is 0 Å². The van der Waals surface area contributed by atoms with Gasteiger partial charge in [0.1, 0.15) is 18.0 Å². The maximum atomic E-state index is 11.2. The first-order valence-corrected chi connectivity index (χ1v) is 13.1. The molecular weight excluding hydrogens is 485 g/mol. The topological polar surface area (TPSA) is 154 Å². The lowest BCUT2D eigenvalue weighted by Gasteiger charge is -2.27. The van der Waals surface area contributed by atoms with Crippen LogP contribution < -0.4 is 4.90 Å². The van der Waals surface area contributed by atoms with Gasteiger partial charge in [0.15, 0.2) is 11.9 Å². The monoisotopic (exact) mass is 509 g/mol. The summed E-state index contributed by atoms with van der Waals surface area (Å²) >= 11 is 6.27. The highest BCUT2D eigenvalue weighted by Crippen LogP contribution is 2.41. The summed E-state index contributed by atoms with van der Waals surface area (Å²) < 4.78 is 18.3. The SMILES string of the molecule is CN(c1nc(Cl)nc2c1cnn2[C@@H]1O[C@H](CCP(=O)(O)O)[C@@H](O)[C@H]1O)[C@H]1CCc2ccccc21. The van der Waals surface area contributed by atoms with Gasteiger partial charge < -0.3 is 29.6 Å². The summed E-state index contributed by atoms with van der Waals surface area (Å²) in [5, 5.41) is 25.9. The van der Waals surface area contributed by atoms with Crippen molar-refractivity contribution in [2.75, 3.05) is 18.1 Å². The van der Waals surface area contributed by atoms with Crippen LogP contribution in [0.2, 0.25) is 5.28 Å². The minimum Gasteiger partial charge on any atom is -0.388 e. The summed E-state index contributed by atoms with van der Waals surface area (Å²) in [6, 6.07) is 8.37. The fourth-order valence-corrected chi connectivity index (χ4v) is 5.64. The van der Waals surface area contributed by atoms with Crippen LogP contribution in [0, 0.1) is 0 Å². The molecule has 0 bridgehead atoms. The Hall–Kier alpha value is -2.11. The number of benzene rings is 1. The fourth-order valence-electron chi connectivity index (χ4n) is 4.89. The van der Waals surface area contributed by atoms with E-state index in [2.05, 4.69) is 27.2 Å². The van der Waals surface area contributed by atoms with Crippen molar-refractivity contribution < 1.29 is 29.3 Å². The van der Waals surface area contributed by atoms with Gasteiger partial charge in [0, 0.05) is 7.05 Å². The molecule has 13 heteroatoms. The predicted molar refractivity (Wildman–Crippen MR) is 124 cm³/mol. The molecule has 5 atom stereocenters. The zero-order chi connectivity index (χ0) is 24.2. The first kappa shape index (κ1) is 23.6. The first-order chi connectivity index (χ1) is 16.1. The molecule has 0 radical (unpaired) electrons. The molecule has 5 rings (SSSR count). The minimum absolute atomic E-state index is 0.00605. The van der Waals surface area contributed by atoms with Crippen molar-refractivity contribution in [3.05, 3.63) is 46.9 Å². The lowest BCUT2D eigenvalue weighted by atomic mass is 10.1. The number of aryl methyl sites for hydroxylation is 1. The second-order valence-corrected chi connectivity index (χ2v) is 10.8. The number of nitrogens with zero attached hydrogens (tertiary/aromatic N) is 5. The minimum atomic E-state index is -4.28. The first-order valence-electron chi connectivity index (χ1n) is 10.9. The Kier molecular flexibility index (Phi) is 6.14. The fraction of sp³-hybridized carbons (Fsp3) is 0.476. The molecule has 1 aliphatic heterocycles. The van der Waals surface area contributed by atoms with Gasteiger partial charge in [-0.1, -0.05) is 24.3 Å². The second kappa shape index (κ2) is 8.83. The van der Waals surface area contributed by atoms with Crippen molar-refractivity contribution in [1.29, 1.82) is 0 Å². The smallest absolute Gasteiger partial charge is 0.325 e. The van der Waals surface area contributed by atoms with Gasteiger partial charge in [0.05, 0.1) is 29.9 Å². The molecule has 4 N–H and O–H groups in total. The molecule has 11 nitrogen and oxygen atoms in total. The van der Waals surface area contributed by atoms with Crippen LogP contribution in [0.25, 0.3) is 11.0 Å². The van der Waals surface area contributed by atoms with Crippen molar-refractivity contribution in [2.24, 2.45) is 0 Å². The lowest BCUT2D eigenvalue weighted by Crippen LogP contribution is -2.32. The summed E-state index contributed by atoms with van der Waals surface area (Å²) in [7, 11) is -2.34. The largest absolute Gasteiger partial charge is 0.388 e. The zero-order valence-electron chi connectivity index (χ0n) is 18.3. The number of hydrogen-bond acceptors (Lipinski definition) is 8. The van der Waals surface area contributed by atoms with Gasteiger partial charge in [-0.2, -0.15) is 15.1 Å². The number of aliphatic hydroxyl groups excluding tert-OH is 2. The van der Waals surface area contributed by atoms with E-state index in [4.69, 9.17) is 26.1 Å². The quantitative estimate of drug-likeness (QED) is 0.285.